The number of aromatic nitrogens is 4. The number of guanidine groups is 1. The number of hydrogen-bond acceptors (Lipinski definition) is 7. The Hall–Kier alpha value is -2.76. The first-order chi connectivity index (χ1) is 14.8. The average molecular weight is 534 g/mol. The van der Waals surface area contributed by atoms with Crippen molar-refractivity contribution >= 4 is 35.8 Å². The number of pyridine rings is 2. The van der Waals surface area contributed by atoms with Gasteiger partial charge in [0.05, 0.1) is 0 Å². The molecule has 1 fully saturated rings. The first-order valence-corrected chi connectivity index (χ1v) is 10.2. The SMILES string of the molecule is CN=C(NCCc1noc(-c2ccccn2)n1)NC1CCN(c2ccccn2)CC1.I. The van der Waals surface area contributed by atoms with Crippen LogP contribution in [-0.4, -0.2) is 58.8 Å². The minimum atomic E-state index is 0. The summed E-state index contributed by atoms with van der Waals surface area (Å²) >= 11 is 0. The van der Waals surface area contributed by atoms with Crippen molar-refractivity contribution in [3.05, 3.63) is 54.6 Å². The molecule has 4 rings (SSSR count). The summed E-state index contributed by atoms with van der Waals surface area (Å²) in [6, 6.07) is 12.0. The number of hydrogen-bond donors (Lipinski definition) is 2. The Morgan fingerprint density at radius 2 is 1.90 bits per heavy atom. The molecule has 0 atom stereocenters. The lowest BCUT2D eigenvalue weighted by Gasteiger charge is -2.33. The van der Waals surface area contributed by atoms with E-state index in [2.05, 4.69) is 46.7 Å². The van der Waals surface area contributed by atoms with E-state index in [0.29, 0.717) is 36.4 Å². The summed E-state index contributed by atoms with van der Waals surface area (Å²) in [5.74, 6) is 2.92. The third-order valence-electron chi connectivity index (χ3n) is 5.03. The Balaban J connectivity index is 0.00000272. The van der Waals surface area contributed by atoms with E-state index in [1.165, 1.54) is 0 Å². The second-order valence-corrected chi connectivity index (χ2v) is 7.07. The van der Waals surface area contributed by atoms with E-state index >= 15 is 0 Å². The summed E-state index contributed by atoms with van der Waals surface area (Å²) in [6.45, 7) is 2.61. The Morgan fingerprint density at radius 3 is 2.58 bits per heavy atom. The fraction of sp³-hybridized carbons (Fsp3) is 0.381. The zero-order chi connectivity index (χ0) is 20.6. The summed E-state index contributed by atoms with van der Waals surface area (Å²) in [5, 5.41) is 10.9. The molecule has 0 radical (unpaired) electrons. The molecular formula is C21H27IN8O. The van der Waals surface area contributed by atoms with E-state index in [-0.39, 0.29) is 24.0 Å². The number of anilines is 1. The molecule has 31 heavy (non-hydrogen) atoms. The zero-order valence-electron chi connectivity index (χ0n) is 17.4. The Bertz CT molecular complexity index is 942. The summed E-state index contributed by atoms with van der Waals surface area (Å²) < 4.78 is 5.30. The molecule has 1 aliphatic rings. The largest absolute Gasteiger partial charge is 0.356 e. The van der Waals surface area contributed by atoms with Crippen molar-refractivity contribution in [2.45, 2.75) is 25.3 Å². The van der Waals surface area contributed by atoms with Gasteiger partial charge in [0.15, 0.2) is 11.8 Å². The molecule has 3 aromatic rings. The van der Waals surface area contributed by atoms with Gasteiger partial charge in [-0.25, -0.2) is 4.98 Å². The molecule has 3 aromatic heterocycles. The summed E-state index contributed by atoms with van der Waals surface area (Å²) in [6.07, 6.45) is 6.26. The highest BCUT2D eigenvalue weighted by Gasteiger charge is 2.20. The number of nitrogens with zero attached hydrogens (tertiary/aromatic N) is 6. The van der Waals surface area contributed by atoms with Crippen molar-refractivity contribution in [1.82, 2.24) is 30.7 Å². The molecule has 0 aliphatic carbocycles. The van der Waals surface area contributed by atoms with Gasteiger partial charge in [-0.05, 0) is 37.1 Å². The fourth-order valence-electron chi connectivity index (χ4n) is 3.42. The van der Waals surface area contributed by atoms with Crippen molar-refractivity contribution in [1.29, 1.82) is 0 Å². The zero-order valence-corrected chi connectivity index (χ0v) is 19.8. The maximum Gasteiger partial charge on any atom is 0.276 e. The molecule has 1 aliphatic heterocycles. The third kappa shape index (κ3) is 6.36. The number of rotatable bonds is 6. The highest BCUT2D eigenvalue weighted by Crippen LogP contribution is 2.17. The summed E-state index contributed by atoms with van der Waals surface area (Å²) in [4.78, 5) is 19.7. The van der Waals surface area contributed by atoms with Crippen LogP contribution < -0.4 is 15.5 Å². The summed E-state index contributed by atoms with van der Waals surface area (Å²) in [5.41, 5.74) is 0.679. The van der Waals surface area contributed by atoms with E-state index in [9.17, 15) is 0 Å². The van der Waals surface area contributed by atoms with Gasteiger partial charge in [0, 0.05) is 51.5 Å². The van der Waals surface area contributed by atoms with Crippen LogP contribution in [0.25, 0.3) is 11.6 Å². The lowest BCUT2D eigenvalue weighted by Crippen LogP contribution is -2.49. The van der Waals surface area contributed by atoms with Gasteiger partial charge < -0.3 is 20.1 Å². The number of aliphatic imine (C=N–C) groups is 1. The number of halogens is 1. The third-order valence-corrected chi connectivity index (χ3v) is 5.03. The van der Waals surface area contributed by atoms with Crippen molar-refractivity contribution in [3.63, 3.8) is 0 Å². The lowest BCUT2D eigenvalue weighted by atomic mass is 10.1. The van der Waals surface area contributed by atoms with Gasteiger partial charge >= 0.3 is 0 Å². The standard InChI is InChI=1S/C21H26N8O.HI/c1-22-21(26-16-9-14-29(15-10-16)19-7-3-5-12-24-19)25-13-8-18-27-20(30-28-18)17-6-2-4-11-23-17;/h2-7,11-12,16H,8-10,13-15H2,1H3,(H2,22,25,26);1H. The van der Waals surface area contributed by atoms with Gasteiger partial charge in [-0.3, -0.25) is 9.98 Å². The van der Waals surface area contributed by atoms with Crippen LogP contribution in [0.2, 0.25) is 0 Å². The number of nitrogens with one attached hydrogen (secondary N) is 2. The molecular weight excluding hydrogens is 507 g/mol. The first-order valence-electron chi connectivity index (χ1n) is 10.2. The van der Waals surface area contributed by atoms with E-state index < -0.39 is 0 Å². The Morgan fingerprint density at radius 1 is 1.13 bits per heavy atom. The van der Waals surface area contributed by atoms with Crippen LogP contribution in [0.15, 0.2) is 58.3 Å². The second kappa shape index (κ2) is 11.6. The smallest absolute Gasteiger partial charge is 0.276 e. The predicted octanol–water partition coefficient (Wildman–Crippen LogP) is 2.52. The minimum absolute atomic E-state index is 0. The molecule has 2 N–H and O–H groups in total. The maximum absolute atomic E-state index is 5.30. The van der Waals surface area contributed by atoms with Crippen molar-refractivity contribution in [2.24, 2.45) is 4.99 Å². The molecule has 0 saturated carbocycles. The highest BCUT2D eigenvalue weighted by atomic mass is 127. The van der Waals surface area contributed by atoms with Gasteiger partial charge in [-0.2, -0.15) is 4.98 Å². The minimum Gasteiger partial charge on any atom is -0.356 e. The highest BCUT2D eigenvalue weighted by molar-refractivity contribution is 14.0. The molecule has 1 saturated heterocycles. The van der Waals surface area contributed by atoms with Crippen LogP contribution in [0.3, 0.4) is 0 Å². The summed E-state index contributed by atoms with van der Waals surface area (Å²) in [7, 11) is 1.78. The maximum atomic E-state index is 5.30. The molecule has 0 amide bonds. The van der Waals surface area contributed by atoms with Crippen molar-refractivity contribution < 1.29 is 4.52 Å². The molecule has 0 spiro atoms. The van der Waals surface area contributed by atoms with Crippen molar-refractivity contribution in [3.8, 4) is 11.6 Å². The van der Waals surface area contributed by atoms with Gasteiger partial charge in [0.25, 0.3) is 5.89 Å². The normalized spacial score (nSPS) is 14.7. The van der Waals surface area contributed by atoms with E-state index in [1.807, 2.05) is 36.5 Å². The van der Waals surface area contributed by atoms with Crippen LogP contribution in [0.1, 0.15) is 18.7 Å². The van der Waals surface area contributed by atoms with Crippen LogP contribution in [0, 0.1) is 0 Å². The fourth-order valence-corrected chi connectivity index (χ4v) is 3.42. The molecule has 0 unspecified atom stereocenters. The topological polar surface area (TPSA) is 104 Å². The lowest BCUT2D eigenvalue weighted by molar-refractivity contribution is 0.421. The predicted molar refractivity (Wildman–Crippen MR) is 131 cm³/mol. The number of piperidine rings is 1. The van der Waals surface area contributed by atoms with Crippen LogP contribution >= 0.6 is 24.0 Å². The molecule has 164 valence electrons. The molecule has 10 heteroatoms. The Labute approximate surface area is 198 Å². The second-order valence-electron chi connectivity index (χ2n) is 7.07. The van der Waals surface area contributed by atoms with E-state index in [1.54, 1.807) is 13.2 Å². The van der Waals surface area contributed by atoms with E-state index in [4.69, 9.17) is 4.52 Å². The average Bonchev–Trinajstić information content (AvgIpc) is 3.29. The van der Waals surface area contributed by atoms with E-state index in [0.717, 1.165) is 37.7 Å². The van der Waals surface area contributed by atoms with Gasteiger partial charge in [-0.1, -0.05) is 17.3 Å². The van der Waals surface area contributed by atoms with Gasteiger partial charge in [0.1, 0.15) is 11.5 Å². The molecule has 0 aromatic carbocycles. The van der Waals surface area contributed by atoms with Crippen molar-refractivity contribution in [2.75, 3.05) is 31.6 Å². The molecule has 4 heterocycles. The van der Waals surface area contributed by atoms with Crippen LogP contribution in [0.4, 0.5) is 5.82 Å². The Kier molecular flexibility index (Phi) is 8.56. The van der Waals surface area contributed by atoms with Gasteiger partial charge in [-0.15, -0.1) is 24.0 Å². The quantitative estimate of drug-likeness (QED) is 0.283. The van der Waals surface area contributed by atoms with Gasteiger partial charge in [0.2, 0.25) is 0 Å². The van der Waals surface area contributed by atoms with Crippen LogP contribution in [-0.2, 0) is 6.42 Å². The monoisotopic (exact) mass is 534 g/mol. The molecule has 9 nitrogen and oxygen atoms in total. The first kappa shape index (κ1) is 22.9. The molecule has 0 bridgehead atoms. The van der Waals surface area contributed by atoms with Crippen LogP contribution in [0.5, 0.6) is 0 Å².